The molecule has 2 aromatic rings. The fraction of sp³-hybridized carbons (Fsp3) is 0.273. The number of likely N-dealkylation sites (N-methyl/N-ethyl adjacent to an activating group) is 1. The molecule has 0 unspecified atom stereocenters. The van der Waals surface area contributed by atoms with Gasteiger partial charge >= 0.3 is 5.97 Å². The number of carbonyl (C=O) groups excluding carboxylic acids is 2. The van der Waals surface area contributed by atoms with E-state index in [4.69, 9.17) is 9.47 Å². The highest BCUT2D eigenvalue weighted by Crippen LogP contribution is 2.13. The third-order valence-electron chi connectivity index (χ3n) is 3.86. The lowest BCUT2D eigenvalue weighted by Crippen LogP contribution is -2.35. The van der Waals surface area contributed by atoms with Gasteiger partial charge in [-0.15, -0.1) is 0 Å². The molecule has 142 valence electrons. The quantitative estimate of drug-likeness (QED) is 0.499. The van der Waals surface area contributed by atoms with Crippen LogP contribution < -0.4 is 4.74 Å². The zero-order valence-electron chi connectivity index (χ0n) is 15.8. The molecule has 0 atom stereocenters. The maximum Gasteiger partial charge on any atom is 0.338 e. The minimum Gasteiger partial charge on any atom is -0.489 e. The van der Waals surface area contributed by atoms with Crippen molar-refractivity contribution in [1.82, 2.24) is 4.90 Å². The van der Waals surface area contributed by atoms with Crippen LogP contribution in [-0.2, 0) is 16.1 Å². The molecule has 0 aliphatic heterocycles. The Balaban J connectivity index is 1.84. The van der Waals surface area contributed by atoms with Crippen molar-refractivity contribution in [3.8, 4) is 5.75 Å². The van der Waals surface area contributed by atoms with E-state index in [2.05, 4.69) is 6.58 Å². The monoisotopic (exact) mass is 367 g/mol. The molecule has 0 aliphatic rings. The summed E-state index contributed by atoms with van der Waals surface area (Å²) in [6.07, 6.45) is 0. The SMILES string of the molecule is C=C(C)CN(CC)C(=O)COC(=O)c1ccc(COc2ccccc2)cc1. The van der Waals surface area contributed by atoms with E-state index in [1.165, 1.54) is 0 Å². The second-order valence-corrected chi connectivity index (χ2v) is 6.24. The Morgan fingerprint density at radius 2 is 1.70 bits per heavy atom. The molecule has 0 aromatic heterocycles. The van der Waals surface area contributed by atoms with Crippen molar-refractivity contribution in [2.45, 2.75) is 20.5 Å². The third-order valence-corrected chi connectivity index (χ3v) is 3.86. The molecule has 0 N–H and O–H groups in total. The van der Waals surface area contributed by atoms with E-state index in [0.29, 0.717) is 25.3 Å². The zero-order chi connectivity index (χ0) is 19.6. The molecule has 0 heterocycles. The summed E-state index contributed by atoms with van der Waals surface area (Å²) in [6.45, 7) is 8.66. The number of nitrogens with zero attached hydrogens (tertiary/aromatic N) is 1. The first kappa shape index (κ1) is 20.2. The minimum absolute atomic E-state index is 0.235. The first-order valence-corrected chi connectivity index (χ1v) is 8.85. The van der Waals surface area contributed by atoms with Gasteiger partial charge in [0.25, 0.3) is 5.91 Å². The van der Waals surface area contributed by atoms with E-state index in [1.54, 1.807) is 29.2 Å². The highest BCUT2D eigenvalue weighted by atomic mass is 16.5. The Kier molecular flexibility index (Phi) is 7.62. The molecule has 1 amide bonds. The van der Waals surface area contributed by atoms with Gasteiger partial charge in [0.2, 0.25) is 0 Å². The number of hydrogen-bond donors (Lipinski definition) is 0. The van der Waals surface area contributed by atoms with Gasteiger partial charge in [0.15, 0.2) is 6.61 Å². The summed E-state index contributed by atoms with van der Waals surface area (Å²) < 4.78 is 10.8. The lowest BCUT2D eigenvalue weighted by Gasteiger charge is -2.20. The smallest absolute Gasteiger partial charge is 0.338 e. The summed E-state index contributed by atoms with van der Waals surface area (Å²) >= 11 is 0. The fourth-order valence-corrected chi connectivity index (χ4v) is 2.42. The number of ether oxygens (including phenoxy) is 2. The van der Waals surface area contributed by atoms with Gasteiger partial charge in [-0.2, -0.15) is 0 Å². The number of hydrogen-bond acceptors (Lipinski definition) is 4. The molecule has 5 nitrogen and oxygen atoms in total. The highest BCUT2D eigenvalue weighted by molar-refractivity contribution is 5.91. The minimum atomic E-state index is -0.523. The second kappa shape index (κ2) is 10.2. The number of rotatable bonds is 9. The van der Waals surface area contributed by atoms with E-state index in [1.807, 2.05) is 44.2 Å². The standard InChI is InChI=1S/C22H25NO4/c1-4-23(14-17(2)3)21(24)16-27-22(25)19-12-10-18(11-13-19)15-26-20-8-6-5-7-9-20/h5-13H,2,4,14-16H2,1,3H3. The van der Waals surface area contributed by atoms with Crippen LogP contribution in [0.1, 0.15) is 29.8 Å². The molecule has 0 saturated heterocycles. The van der Waals surface area contributed by atoms with Gasteiger partial charge in [-0.05, 0) is 43.7 Å². The fourth-order valence-electron chi connectivity index (χ4n) is 2.42. The molecular weight excluding hydrogens is 342 g/mol. The van der Waals surface area contributed by atoms with Crippen LogP contribution in [0.2, 0.25) is 0 Å². The molecule has 5 heteroatoms. The Hall–Kier alpha value is -3.08. The summed E-state index contributed by atoms with van der Waals surface area (Å²) in [7, 11) is 0. The number of esters is 1. The van der Waals surface area contributed by atoms with Crippen LogP contribution >= 0.6 is 0 Å². The Morgan fingerprint density at radius 3 is 2.30 bits per heavy atom. The Labute approximate surface area is 160 Å². The van der Waals surface area contributed by atoms with Crippen molar-refractivity contribution in [3.63, 3.8) is 0 Å². The number of amides is 1. The third kappa shape index (κ3) is 6.62. The van der Waals surface area contributed by atoms with Gasteiger partial charge in [-0.25, -0.2) is 4.79 Å². The highest BCUT2D eigenvalue weighted by Gasteiger charge is 2.15. The summed E-state index contributed by atoms with van der Waals surface area (Å²) in [4.78, 5) is 25.8. The van der Waals surface area contributed by atoms with Crippen molar-refractivity contribution >= 4 is 11.9 Å². The van der Waals surface area contributed by atoms with Crippen LogP contribution in [0.15, 0.2) is 66.7 Å². The number of benzene rings is 2. The number of carbonyl (C=O) groups is 2. The normalized spacial score (nSPS) is 10.1. The van der Waals surface area contributed by atoms with Gasteiger partial charge in [-0.3, -0.25) is 4.79 Å². The summed E-state index contributed by atoms with van der Waals surface area (Å²) in [5.74, 6) is 0.0294. The predicted molar refractivity (Wildman–Crippen MR) is 105 cm³/mol. The van der Waals surface area contributed by atoms with Gasteiger partial charge < -0.3 is 14.4 Å². The van der Waals surface area contributed by atoms with Gasteiger partial charge in [-0.1, -0.05) is 42.5 Å². The average molecular weight is 367 g/mol. The molecule has 0 radical (unpaired) electrons. The van der Waals surface area contributed by atoms with E-state index >= 15 is 0 Å². The molecule has 0 saturated carbocycles. The van der Waals surface area contributed by atoms with Crippen molar-refractivity contribution < 1.29 is 19.1 Å². The molecule has 2 rings (SSSR count). The first-order valence-electron chi connectivity index (χ1n) is 8.85. The Bertz CT molecular complexity index is 769. The van der Waals surface area contributed by atoms with Crippen LogP contribution in [0.25, 0.3) is 0 Å². The number of para-hydroxylation sites is 1. The van der Waals surface area contributed by atoms with Crippen LogP contribution in [0.3, 0.4) is 0 Å². The van der Waals surface area contributed by atoms with Gasteiger partial charge in [0.05, 0.1) is 5.56 Å². The molecule has 0 bridgehead atoms. The molecule has 2 aromatic carbocycles. The van der Waals surface area contributed by atoms with E-state index in [9.17, 15) is 9.59 Å². The van der Waals surface area contributed by atoms with E-state index < -0.39 is 5.97 Å². The summed E-state index contributed by atoms with van der Waals surface area (Å²) in [6, 6.07) is 16.5. The van der Waals surface area contributed by atoms with Crippen molar-refractivity contribution in [1.29, 1.82) is 0 Å². The molecule has 27 heavy (non-hydrogen) atoms. The topological polar surface area (TPSA) is 55.8 Å². The molecule has 0 fully saturated rings. The molecule has 0 spiro atoms. The van der Waals surface area contributed by atoms with E-state index in [-0.39, 0.29) is 12.5 Å². The first-order chi connectivity index (χ1) is 13.0. The van der Waals surface area contributed by atoms with Crippen LogP contribution in [0.5, 0.6) is 5.75 Å². The van der Waals surface area contributed by atoms with Crippen LogP contribution in [0, 0.1) is 0 Å². The largest absolute Gasteiger partial charge is 0.489 e. The zero-order valence-corrected chi connectivity index (χ0v) is 15.8. The summed E-state index contributed by atoms with van der Waals surface area (Å²) in [5.41, 5.74) is 2.21. The predicted octanol–water partition coefficient (Wildman–Crippen LogP) is 3.85. The van der Waals surface area contributed by atoms with Gasteiger partial charge in [0.1, 0.15) is 12.4 Å². The Morgan fingerprint density at radius 1 is 1.04 bits per heavy atom. The summed E-state index contributed by atoms with van der Waals surface area (Å²) in [5, 5.41) is 0. The average Bonchev–Trinajstić information content (AvgIpc) is 2.69. The lowest BCUT2D eigenvalue weighted by molar-refractivity contribution is -0.133. The van der Waals surface area contributed by atoms with Gasteiger partial charge in [0, 0.05) is 13.1 Å². The van der Waals surface area contributed by atoms with Crippen LogP contribution in [0.4, 0.5) is 0 Å². The van der Waals surface area contributed by atoms with Crippen molar-refractivity contribution in [2.75, 3.05) is 19.7 Å². The second-order valence-electron chi connectivity index (χ2n) is 6.24. The maximum absolute atomic E-state index is 12.1. The van der Waals surface area contributed by atoms with Crippen molar-refractivity contribution in [3.05, 3.63) is 77.9 Å². The molecule has 0 aliphatic carbocycles. The van der Waals surface area contributed by atoms with E-state index in [0.717, 1.165) is 16.9 Å². The van der Waals surface area contributed by atoms with Crippen LogP contribution in [-0.4, -0.2) is 36.5 Å². The lowest BCUT2D eigenvalue weighted by atomic mass is 10.1. The maximum atomic E-state index is 12.1. The molecular formula is C22H25NO4. The van der Waals surface area contributed by atoms with Crippen molar-refractivity contribution in [2.24, 2.45) is 0 Å².